The molecule has 0 spiro atoms. The van der Waals surface area contributed by atoms with Gasteiger partial charge >= 0.3 is 6.18 Å². The van der Waals surface area contributed by atoms with Gasteiger partial charge in [0.25, 0.3) is 0 Å². The molecule has 3 nitrogen and oxygen atoms in total. The molecule has 1 N–H and O–H groups in total. The second kappa shape index (κ2) is 5.85. The number of halogens is 3. The molecule has 1 aromatic rings. The zero-order chi connectivity index (χ0) is 15.0. The summed E-state index contributed by atoms with van der Waals surface area (Å²) in [5, 5.41) is 4.65. The van der Waals surface area contributed by atoms with Crippen molar-refractivity contribution >= 4 is 11.3 Å². The number of likely N-dealkylation sites (tertiary alicyclic amines) is 1. The van der Waals surface area contributed by atoms with Crippen LogP contribution in [0.3, 0.4) is 0 Å². The van der Waals surface area contributed by atoms with Gasteiger partial charge in [0.2, 0.25) is 0 Å². The van der Waals surface area contributed by atoms with Gasteiger partial charge in [0.15, 0.2) is 0 Å². The van der Waals surface area contributed by atoms with E-state index in [1.807, 2.05) is 13.1 Å². The van der Waals surface area contributed by atoms with E-state index in [1.54, 1.807) is 11.3 Å². The van der Waals surface area contributed by atoms with Gasteiger partial charge in [-0.3, -0.25) is 4.90 Å². The number of hydrogen-bond donors (Lipinski definition) is 1. The van der Waals surface area contributed by atoms with Crippen LogP contribution in [0.5, 0.6) is 0 Å². The van der Waals surface area contributed by atoms with Crippen molar-refractivity contribution in [1.29, 1.82) is 0 Å². The molecule has 1 aliphatic carbocycles. The number of thiazole rings is 1. The monoisotopic (exact) mass is 319 g/mol. The number of nitrogens with zero attached hydrogens (tertiary/aromatic N) is 2. The SMILES string of the molecule is Cc1cnc([C@@H](N[C@H]2CCN(CC(F)(F)F)C2)C2CC2)s1. The average molecular weight is 319 g/mol. The first-order valence-corrected chi connectivity index (χ1v) is 8.20. The standard InChI is InChI=1S/C14H20F3N3S/c1-9-6-18-13(21-9)12(10-2-3-10)19-11-4-5-20(7-11)8-14(15,16)17/h6,10-12,19H,2-5,7-8H2,1H3/t11-,12-/m0/s1. The lowest BCUT2D eigenvalue weighted by Gasteiger charge is -2.22. The third kappa shape index (κ3) is 4.17. The summed E-state index contributed by atoms with van der Waals surface area (Å²) in [7, 11) is 0. The minimum Gasteiger partial charge on any atom is -0.304 e. The summed E-state index contributed by atoms with van der Waals surface area (Å²) in [5.41, 5.74) is 0. The van der Waals surface area contributed by atoms with E-state index in [0.717, 1.165) is 11.4 Å². The first-order valence-electron chi connectivity index (χ1n) is 7.38. The number of aromatic nitrogens is 1. The molecule has 0 radical (unpaired) electrons. The molecule has 0 aromatic carbocycles. The van der Waals surface area contributed by atoms with Gasteiger partial charge in [-0.15, -0.1) is 11.3 Å². The predicted molar refractivity (Wildman–Crippen MR) is 76.4 cm³/mol. The largest absolute Gasteiger partial charge is 0.401 e. The lowest BCUT2D eigenvalue weighted by atomic mass is 10.1. The second-order valence-electron chi connectivity index (χ2n) is 6.13. The normalized spacial score (nSPS) is 25.4. The Labute approximate surface area is 126 Å². The topological polar surface area (TPSA) is 28.2 Å². The summed E-state index contributed by atoms with van der Waals surface area (Å²) in [6.45, 7) is 2.24. The molecule has 1 saturated carbocycles. The minimum absolute atomic E-state index is 0.141. The Balaban J connectivity index is 1.58. The van der Waals surface area contributed by atoms with Crippen molar-refractivity contribution in [2.75, 3.05) is 19.6 Å². The molecule has 2 atom stereocenters. The Morgan fingerprint density at radius 3 is 2.76 bits per heavy atom. The summed E-state index contributed by atoms with van der Waals surface area (Å²) in [5.74, 6) is 0.604. The molecule has 0 unspecified atom stereocenters. The Hall–Kier alpha value is -0.660. The summed E-state index contributed by atoms with van der Waals surface area (Å²) in [4.78, 5) is 7.14. The quantitative estimate of drug-likeness (QED) is 0.904. The van der Waals surface area contributed by atoms with Crippen LogP contribution in [0, 0.1) is 12.8 Å². The fourth-order valence-electron chi connectivity index (χ4n) is 2.97. The molecule has 1 saturated heterocycles. The third-order valence-corrected chi connectivity index (χ3v) is 5.09. The van der Waals surface area contributed by atoms with Crippen LogP contribution in [0.15, 0.2) is 6.20 Å². The molecule has 118 valence electrons. The maximum Gasteiger partial charge on any atom is 0.401 e. The van der Waals surface area contributed by atoms with Crippen molar-refractivity contribution in [2.45, 2.75) is 44.4 Å². The molecule has 2 heterocycles. The van der Waals surface area contributed by atoms with Gasteiger partial charge in [-0.05, 0) is 32.1 Å². The van der Waals surface area contributed by atoms with Crippen molar-refractivity contribution < 1.29 is 13.2 Å². The second-order valence-corrected chi connectivity index (χ2v) is 7.39. The van der Waals surface area contributed by atoms with E-state index in [4.69, 9.17) is 0 Å². The molecule has 2 aliphatic rings. The van der Waals surface area contributed by atoms with E-state index in [1.165, 1.54) is 22.6 Å². The maximum atomic E-state index is 12.4. The number of alkyl halides is 3. The van der Waals surface area contributed by atoms with Crippen molar-refractivity contribution in [2.24, 2.45) is 5.92 Å². The van der Waals surface area contributed by atoms with Crippen LogP contribution in [0.2, 0.25) is 0 Å². The van der Waals surface area contributed by atoms with Gasteiger partial charge in [-0.2, -0.15) is 13.2 Å². The summed E-state index contributed by atoms with van der Waals surface area (Å²) >= 11 is 1.69. The van der Waals surface area contributed by atoms with Gasteiger partial charge in [0.05, 0.1) is 12.6 Å². The smallest absolute Gasteiger partial charge is 0.304 e. The highest BCUT2D eigenvalue weighted by atomic mass is 32.1. The molecule has 1 aliphatic heterocycles. The van der Waals surface area contributed by atoms with Crippen LogP contribution in [0.25, 0.3) is 0 Å². The van der Waals surface area contributed by atoms with Crippen molar-refractivity contribution in [3.8, 4) is 0 Å². The Morgan fingerprint density at radius 2 is 2.19 bits per heavy atom. The van der Waals surface area contributed by atoms with Crippen LogP contribution in [0.1, 0.15) is 35.2 Å². The first-order chi connectivity index (χ1) is 9.90. The molecule has 1 aromatic heterocycles. The molecular weight excluding hydrogens is 299 g/mol. The summed E-state index contributed by atoms with van der Waals surface area (Å²) in [6.07, 6.45) is 0.938. The lowest BCUT2D eigenvalue weighted by molar-refractivity contribution is -0.143. The first kappa shape index (κ1) is 15.2. The van der Waals surface area contributed by atoms with E-state index >= 15 is 0 Å². The highest BCUT2D eigenvalue weighted by molar-refractivity contribution is 7.11. The highest BCUT2D eigenvalue weighted by Gasteiger charge is 2.38. The lowest BCUT2D eigenvalue weighted by Crippen LogP contribution is -2.38. The Bertz CT molecular complexity index is 484. The number of hydrogen-bond acceptors (Lipinski definition) is 4. The number of nitrogens with one attached hydrogen (secondary N) is 1. The zero-order valence-corrected chi connectivity index (χ0v) is 12.8. The molecule has 3 rings (SSSR count). The number of rotatable bonds is 5. The van der Waals surface area contributed by atoms with E-state index in [9.17, 15) is 13.2 Å². The molecule has 0 amide bonds. The summed E-state index contributed by atoms with van der Waals surface area (Å²) in [6, 6.07) is 0.363. The Morgan fingerprint density at radius 1 is 1.43 bits per heavy atom. The van der Waals surface area contributed by atoms with Gasteiger partial charge < -0.3 is 5.32 Å². The number of aryl methyl sites for hydroxylation is 1. The third-order valence-electron chi connectivity index (χ3n) is 4.09. The van der Waals surface area contributed by atoms with Crippen LogP contribution in [-0.4, -0.2) is 41.7 Å². The van der Waals surface area contributed by atoms with Gasteiger partial charge in [0, 0.05) is 30.2 Å². The maximum absolute atomic E-state index is 12.4. The fraction of sp³-hybridized carbons (Fsp3) is 0.786. The van der Waals surface area contributed by atoms with E-state index < -0.39 is 12.7 Å². The minimum atomic E-state index is -4.10. The Kier molecular flexibility index (Phi) is 4.25. The summed E-state index contributed by atoms with van der Waals surface area (Å²) < 4.78 is 37.3. The highest BCUT2D eigenvalue weighted by Crippen LogP contribution is 2.42. The van der Waals surface area contributed by atoms with E-state index in [2.05, 4.69) is 10.3 Å². The van der Waals surface area contributed by atoms with E-state index in [0.29, 0.717) is 19.0 Å². The van der Waals surface area contributed by atoms with Crippen molar-refractivity contribution in [3.63, 3.8) is 0 Å². The van der Waals surface area contributed by atoms with Gasteiger partial charge in [-0.25, -0.2) is 4.98 Å². The van der Waals surface area contributed by atoms with Crippen LogP contribution in [0.4, 0.5) is 13.2 Å². The van der Waals surface area contributed by atoms with Crippen LogP contribution >= 0.6 is 11.3 Å². The average Bonchev–Trinajstić information content (AvgIpc) is 2.99. The van der Waals surface area contributed by atoms with Crippen molar-refractivity contribution in [1.82, 2.24) is 15.2 Å². The molecular formula is C14H20F3N3S. The fourth-order valence-corrected chi connectivity index (χ4v) is 3.90. The molecule has 0 bridgehead atoms. The van der Waals surface area contributed by atoms with E-state index in [-0.39, 0.29) is 12.1 Å². The van der Waals surface area contributed by atoms with Gasteiger partial charge in [-0.1, -0.05) is 0 Å². The molecule has 7 heteroatoms. The van der Waals surface area contributed by atoms with Crippen molar-refractivity contribution in [3.05, 3.63) is 16.1 Å². The molecule has 21 heavy (non-hydrogen) atoms. The van der Waals surface area contributed by atoms with Gasteiger partial charge in [0.1, 0.15) is 5.01 Å². The molecule has 2 fully saturated rings. The van der Waals surface area contributed by atoms with Crippen LogP contribution < -0.4 is 5.32 Å². The predicted octanol–water partition coefficient (Wildman–Crippen LogP) is 3.13. The zero-order valence-electron chi connectivity index (χ0n) is 12.0. The van der Waals surface area contributed by atoms with Crippen LogP contribution in [-0.2, 0) is 0 Å².